The van der Waals surface area contributed by atoms with Crippen LogP contribution in [0.15, 0.2) is 42.5 Å². The molecular weight excluding hydrogens is 417 g/mol. The third kappa shape index (κ3) is 5.83. The predicted molar refractivity (Wildman–Crippen MR) is 122 cm³/mol. The zero-order valence-corrected chi connectivity index (χ0v) is 18.9. The van der Waals surface area contributed by atoms with Crippen LogP contribution in [0.2, 0.25) is 5.02 Å². The minimum Gasteiger partial charge on any atom is -0.385 e. The van der Waals surface area contributed by atoms with Crippen molar-refractivity contribution in [2.75, 3.05) is 40.3 Å². The van der Waals surface area contributed by atoms with E-state index in [2.05, 4.69) is 9.80 Å². The van der Waals surface area contributed by atoms with E-state index in [-0.39, 0.29) is 11.7 Å². The normalized spacial score (nSPS) is 22.1. The first kappa shape index (κ1) is 23.7. The molecule has 1 amide bonds. The highest BCUT2D eigenvalue weighted by atomic mass is 35.5. The van der Waals surface area contributed by atoms with E-state index in [0.717, 1.165) is 50.1 Å². The van der Waals surface area contributed by atoms with Gasteiger partial charge in [-0.2, -0.15) is 0 Å². The Morgan fingerprint density at radius 1 is 1.32 bits per heavy atom. The molecular formula is C24H31ClFN3O2. The Morgan fingerprint density at radius 2 is 2.10 bits per heavy atom. The maximum Gasteiger partial charge on any atom is 0.248 e. The summed E-state index contributed by atoms with van der Waals surface area (Å²) >= 11 is 6.15. The molecule has 1 saturated heterocycles. The number of carbonyl (C=O) groups is 1. The van der Waals surface area contributed by atoms with E-state index >= 15 is 0 Å². The molecule has 5 nitrogen and oxygen atoms in total. The molecule has 3 N–H and O–H groups in total. The first-order valence-corrected chi connectivity index (χ1v) is 11.0. The van der Waals surface area contributed by atoms with Crippen LogP contribution in [-0.4, -0.2) is 61.1 Å². The summed E-state index contributed by atoms with van der Waals surface area (Å²) in [4.78, 5) is 16.1. The highest BCUT2D eigenvalue weighted by Crippen LogP contribution is 2.38. The van der Waals surface area contributed by atoms with Crippen LogP contribution in [0, 0.1) is 11.7 Å². The van der Waals surface area contributed by atoms with Gasteiger partial charge in [0, 0.05) is 36.1 Å². The van der Waals surface area contributed by atoms with Crippen LogP contribution >= 0.6 is 11.6 Å². The summed E-state index contributed by atoms with van der Waals surface area (Å²) in [5, 5.41) is 12.1. The lowest BCUT2D eigenvalue weighted by Crippen LogP contribution is -2.53. The van der Waals surface area contributed by atoms with Crippen molar-refractivity contribution in [1.82, 2.24) is 9.80 Å². The number of likely N-dealkylation sites (tertiary alicyclic amines) is 1. The predicted octanol–water partition coefficient (Wildman–Crippen LogP) is 3.28. The fraction of sp³-hybridized carbons (Fsp3) is 0.458. The molecule has 2 atom stereocenters. The fourth-order valence-electron chi connectivity index (χ4n) is 4.48. The van der Waals surface area contributed by atoms with Crippen molar-refractivity contribution in [3.05, 3.63) is 70.0 Å². The molecule has 0 unspecified atom stereocenters. The van der Waals surface area contributed by atoms with E-state index in [9.17, 15) is 14.3 Å². The van der Waals surface area contributed by atoms with Gasteiger partial charge in [0.25, 0.3) is 0 Å². The molecule has 3 rings (SSSR count). The first-order valence-electron chi connectivity index (χ1n) is 10.6. The zero-order valence-electron chi connectivity index (χ0n) is 18.2. The Kier molecular flexibility index (Phi) is 7.70. The molecule has 0 aliphatic carbocycles. The highest BCUT2D eigenvalue weighted by molar-refractivity contribution is 6.31. The minimum atomic E-state index is -1.02. The fourth-order valence-corrected chi connectivity index (χ4v) is 4.74. The molecule has 1 fully saturated rings. The summed E-state index contributed by atoms with van der Waals surface area (Å²) in [7, 11) is 3.99. The summed E-state index contributed by atoms with van der Waals surface area (Å²) in [6.45, 7) is 3.08. The average molecular weight is 448 g/mol. The van der Waals surface area contributed by atoms with Gasteiger partial charge in [-0.25, -0.2) is 4.39 Å². The van der Waals surface area contributed by atoms with Crippen LogP contribution in [0.5, 0.6) is 0 Å². The van der Waals surface area contributed by atoms with Crippen molar-refractivity contribution in [3.63, 3.8) is 0 Å². The number of carbonyl (C=O) groups excluding carboxylic acids is 1. The summed E-state index contributed by atoms with van der Waals surface area (Å²) < 4.78 is 13.2. The van der Waals surface area contributed by atoms with Crippen molar-refractivity contribution < 1.29 is 14.3 Å². The molecule has 168 valence electrons. The van der Waals surface area contributed by atoms with Gasteiger partial charge >= 0.3 is 0 Å². The second kappa shape index (κ2) is 10.1. The largest absolute Gasteiger partial charge is 0.385 e. The molecule has 1 heterocycles. The van der Waals surface area contributed by atoms with Crippen molar-refractivity contribution >= 4 is 17.5 Å². The summed E-state index contributed by atoms with van der Waals surface area (Å²) in [5.41, 5.74) is 6.53. The van der Waals surface area contributed by atoms with Gasteiger partial charge in [0.1, 0.15) is 5.82 Å². The van der Waals surface area contributed by atoms with Crippen LogP contribution in [-0.2, 0) is 12.0 Å². The van der Waals surface area contributed by atoms with Crippen LogP contribution in [0.1, 0.15) is 34.3 Å². The number of aliphatic hydroxyl groups is 1. The maximum atomic E-state index is 13.2. The number of hydrogen-bond donors (Lipinski definition) is 2. The number of piperidine rings is 1. The number of rotatable bonds is 8. The molecule has 0 spiro atoms. The molecule has 31 heavy (non-hydrogen) atoms. The van der Waals surface area contributed by atoms with E-state index in [4.69, 9.17) is 17.3 Å². The van der Waals surface area contributed by atoms with Crippen LogP contribution in [0.4, 0.5) is 4.39 Å². The lowest BCUT2D eigenvalue weighted by atomic mass is 9.75. The number of benzene rings is 2. The molecule has 1 aliphatic rings. The first-order chi connectivity index (χ1) is 14.7. The van der Waals surface area contributed by atoms with Gasteiger partial charge in [0.2, 0.25) is 5.91 Å². The lowest BCUT2D eigenvalue weighted by molar-refractivity contribution is -0.0846. The van der Waals surface area contributed by atoms with Gasteiger partial charge in [0.05, 0.1) is 5.60 Å². The number of aryl methyl sites for hydroxylation is 1. The molecule has 2 aromatic carbocycles. The van der Waals surface area contributed by atoms with Gasteiger partial charge in [-0.1, -0.05) is 29.8 Å². The standard InChI is InChI=1S/C24H31ClFN3O2/c1-28(2)15-20-16-29(11-4-6-17-8-9-21(26)14-22(17)25)12-10-24(20,31)19-7-3-5-18(13-19)23(27)30/h3,5,7-9,13-14,20,31H,4,6,10-12,15-16H2,1-2H3,(H2,27,30)/t20-,24+/m1/s1. The zero-order chi connectivity index (χ0) is 22.6. The second-order valence-corrected chi connectivity index (χ2v) is 9.13. The van der Waals surface area contributed by atoms with Crippen molar-refractivity contribution in [3.8, 4) is 0 Å². The molecule has 0 radical (unpaired) electrons. The number of primary amides is 1. The highest BCUT2D eigenvalue weighted by Gasteiger charge is 2.43. The van der Waals surface area contributed by atoms with E-state index in [0.29, 0.717) is 17.0 Å². The Morgan fingerprint density at radius 3 is 2.77 bits per heavy atom. The van der Waals surface area contributed by atoms with Crippen molar-refractivity contribution in [2.24, 2.45) is 11.7 Å². The van der Waals surface area contributed by atoms with E-state index in [1.807, 2.05) is 20.2 Å². The average Bonchev–Trinajstić information content (AvgIpc) is 2.71. The molecule has 0 bridgehead atoms. The Labute approximate surface area is 188 Å². The molecule has 2 aromatic rings. The van der Waals surface area contributed by atoms with Gasteiger partial charge in [0.15, 0.2) is 0 Å². The van der Waals surface area contributed by atoms with Crippen molar-refractivity contribution in [2.45, 2.75) is 24.9 Å². The van der Waals surface area contributed by atoms with Crippen molar-refractivity contribution in [1.29, 1.82) is 0 Å². The van der Waals surface area contributed by atoms with E-state index < -0.39 is 11.5 Å². The Hall–Kier alpha value is -1.99. The lowest BCUT2D eigenvalue weighted by Gasteiger charge is -2.46. The van der Waals surface area contributed by atoms with Crippen LogP contribution < -0.4 is 5.73 Å². The minimum absolute atomic E-state index is 0.0196. The summed E-state index contributed by atoms with van der Waals surface area (Å²) in [5.74, 6) is -0.837. The van der Waals surface area contributed by atoms with Gasteiger partial charge < -0.3 is 20.6 Å². The molecule has 0 aromatic heterocycles. The SMILES string of the molecule is CN(C)C[C@@H]1CN(CCCc2ccc(F)cc2Cl)CC[C@]1(O)c1cccc(C(N)=O)c1. The third-order valence-corrected chi connectivity index (χ3v) is 6.48. The quantitative estimate of drug-likeness (QED) is 0.651. The summed E-state index contributed by atoms with van der Waals surface area (Å²) in [6, 6.07) is 11.6. The number of nitrogens with two attached hydrogens (primary N) is 1. The monoisotopic (exact) mass is 447 g/mol. The molecule has 7 heteroatoms. The summed E-state index contributed by atoms with van der Waals surface area (Å²) in [6.07, 6.45) is 2.25. The number of amides is 1. The smallest absolute Gasteiger partial charge is 0.248 e. The van der Waals surface area contributed by atoms with E-state index in [1.54, 1.807) is 24.3 Å². The number of halogens is 2. The van der Waals surface area contributed by atoms with Crippen LogP contribution in [0.3, 0.4) is 0 Å². The topological polar surface area (TPSA) is 69.8 Å². The molecule has 0 saturated carbocycles. The number of hydrogen-bond acceptors (Lipinski definition) is 4. The van der Waals surface area contributed by atoms with Gasteiger partial charge in [-0.15, -0.1) is 0 Å². The maximum absolute atomic E-state index is 13.2. The van der Waals surface area contributed by atoms with Gasteiger partial charge in [-0.05, 0) is 75.3 Å². The third-order valence-electron chi connectivity index (χ3n) is 6.13. The Bertz CT molecular complexity index is 923. The number of nitrogens with zero attached hydrogens (tertiary/aromatic N) is 2. The second-order valence-electron chi connectivity index (χ2n) is 8.72. The van der Waals surface area contributed by atoms with E-state index in [1.165, 1.54) is 12.1 Å². The Balaban J connectivity index is 1.69. The molecule has 1 aliphatic heterocycles. The van der Waals surface area contributed by atoms with Gasteiger partial charge in [-0.3, -0.25) is 4.79 Å². The van der Waals surface area contributed by atoms with Crippen LogP contribution in [0.25, 0.3) is 0 Å².